The van der Waals surface area contributed by atoms with Gasteiger partial charge in [-0.3, -0.25) is 4.98 Å². The minimum absolute atomic E-state index is 0. The van der Waals surface area contributed by atoms with Crippen LogP contribution in [0.25, 0.3) is 50.0 Å². The molecule has 0 N–H and O–H groups in total. The summed E-state index contributed by atoms with van der Waals surface area (Å²) in [6, 6.07) is 29.3. The van der Waals surface area contributed by atoms with Gasteiger partial charge in [-0.05, 0) is 52.1 Å². The van der Waals surface area contributed by atoms with Crippen LogP contribution in [0.4, 0.5) is 0 Å². The van der Waals surface area contributed by atoms with Gasteiger partial charge < -0.3 is 8.98 Å². The molecule has 0 saturated heterocycles. The third-order valence-electron chi connectivity index (χ3n) is 7.65. The summed E-state index contributed by atoms with van der Waals surface area (Å²) >= 11 is 0. The first kappa shape index (κ1) is 27.4. The first-order chi connectivity index (χ1) is 18.1. The van der Waals surface area contributed by atoms with E-state index in [1.165, 1.54) is 22.4 Å². The molecule has 4 heteroatoms. The summed E-state index contributed by atoms with van der Waals surface area (Å²) in [5, 5.41) is 2.21. The van der Waals surface area contributed by atoms with E-state index in [4.69, 9.17) is 9.40 Å². The number of imidazole rings is 1. The number of para-hydroxylation sites is 3. The largest absolute Gasteiger partial charge is 0.501 e. The van der Waals surface area contributed by atoms with Crippen molar-refractivity contribution in [1.29, 1.82) is 0 Å². The van der Waals surface area contributed by atoms with Crippen LogP contribution in [-0.2, 0) is 25.5 Å². The van der Waals surface area contributed by atoms with Gasteiger partial charge in [0.25, 0.3) is 0 Å². The van der Waals surface area contributed by atoms with E-state index in [2.05, 4.69) is 126 Å². The third-order valence-corrected chi connectivity index (χ3v) is 7.65. The number of aromatic nitrogens is 2. The van der Waals surface area contributed by atoms with Gasteiger partial charge in [0.1, 0.15) is 5.58 Å². The zero-order valence-electron chi connectivity index (χ0n) is 23.7. The Kier molecular flexibility index (Phi) is 7.07. The molecule has 0 unspecified atom stereocenters. The van der Waals surface area contributed by atoms with Gasteiger partial charge >= 0.3 is 0 Å². The van der Waals surface area contributed by atoms with Crippen LogP contribution in [0.15, 0.2) is 77.2 Å². The molecule has 6 aromatic rings. The van der Waals surface area contributed by atoms with Crippen molar-refractivity contribution in [2.24, 2.45) is 0 Å². The summed E-state index contributed by atoms with van der Waals surface area (Å²) in [4.78, 5) is 5.21. The van der Waals surface area contributed by atoms with Gasteiger partial charge in [0.05, 0.1) is 22.4 Å². The van der Waals surface area contributed by atoms with Crippen LogP contribution in [0, 0.1) is 6.07 Å². The molecule has 6 rings (SSSR count). The molecule has 0 aliphatic carbocycles. The average Bonchev–Trinajstić information content (AvgIpc) is 3.45. The van der Waals surface area contributed by atoms with E-state index in [1.807, 2.05) is 6.07 Å². The van der Waals surface area contributed by atoms with Crippen LogP contribution in [0.3, 0.4) is 0 Å². The zero-order valence-corrected chi connectivity index (χ0v) is 26.1. The molecule has 0 aliphatic rings. The number of hydrogen-bond donors (Lipinski definition) is 0. The fourth-order valence-corrected chi connectivity index (χ4v) is 5.56. The SMILES string of the molecule is CC(C)c1cccc(C(C)C)c1-n1c(-c2[c-]ccc3c2oc2cc(C(C)(C)C)ccc23)nc2ccccc21.[Ir]. The van der Waals surface area contributed by atoms with Crippen molar-refractivity contribution in [2.75, 3.05) is 0 Å². The monoisotopic (exact) mass is 692 g/mol. The van der Waals surface area contributed by atoms with E-state index in [9.17, 15) is 0 Å². The predicted octanol–water partition coefficient (Wildman–Crippen LogP) is 9.93. The van der Waals surface area contributed by atoms with Crippen LogP contribution < -0.4 is 0 Å². The molecule has 0 fully saturated rings. The first-order valence-corrected chi connectivity index (χ1v) is 13.6. The van der Waals surface area contributed by atoms with E-state index in [0.717, 1.165) is 44.4 Å². The summed E-state index contributed by atoms with van der Waals surface area (Å²) < 4.78 is 8.98. The standard InChI is InChI=1S/C35H35N2O.Ir/c1-21(2)24-12-10-13-25(22(3)4)32(24)37-30-17-9-8-16-29(30)36-34(37)28-15-11-14-27-26-19-18-23(35(5,6)7)20-31(26)38-33(27)28;/h8-14,16-22H,1-7H3;/q-1;. The number of benzene rings is 4. The molecule has 201 valence electrons. The van der Waals surface area contributed by atoms with E-state index >= 15 is 0 Å². The Bertz CT molecular complexity index is 1790. The van der Waals surface area contributed by atoms with Gasteiger partial charge in [0.2, 0.25) is 0 Å². The first-order valence-electron chi connectivity index (χ1n) is 13.6. The zero-order chi connectivity index (χ0) is 26.8. The van der Waals surface area contributed by atoms with Gasteiger partial charge in [-0.2, -0.15) is 0 Å². The minimum Gasteiger partial charge on any atom is -0.501 e. The Balaban J connectivity index is 0.00000308. The summed E-state index contributed by atoms with van der Waals surface area (Å²) in [5.74, 6) is 1.58. The molecule has 39 heavy (non-hydrogen) atoms. The molecule has 0 spiro atoms. The average molecular weight is 692 g/mol. The summed E-state index contributed by atoms with van der Waals surface area (Å²) in [5.41, 5.74) is 9.83. The predicted molar refractivity (Wildman–Crippen MR) is 159 cm³/mol. The van der Waals surface area contributed by atoms with Crippen LogP contribution in [-0.4, -0.2) is 9.55 Å². The second-order valence-corrected chi connectivity index (χ2v) is 12.0. The third kappa shape index (κ3) is 4.54. The van der Waals surface area contributed by atoms with Crippen molar-refractivity contribution in [2.45, 2.75) is 65.7 Å². The van der Waals surface area contributed by atoms with Gasteiger partial charge in [0.15, 0.2) is 0 Å². The maximum absolute atomic E-state index is 6.63. The number of rotatable bonds is 4. The maximum atomic E-state index is 6.63. The van der Waals surface area contributed by atoms with Crippen LogP contribution in [0.1, 0.15) is 77.0 Å². The smallest absolute Gasteiger partial charge is 0.121 e. The van der Waals surface area contributed by atoms with Gasteiger partial charge in [-0.25, -0.2) is 0 Å². The van der Waals surface area contributed by atoms with Crippen molar-refractivity contribution in [3.05, 3.63) is 95.6 Å². The van der Waals surface area contributed by atoms with Crippen LogP contribution in [0.2, 0.25) is 0 Å². The molecule has 0 saturated carbocycles. The Morgan fingerprint density at radius 1 is 0.821 bits per heavy atom. The molecule has 1 radical (unpaired) electrons. The number of fused-ring (bicyclic) bond motifs is 4. The second kappa shape index (κ2) is 10.1. The molecule has 0 amide bonds. The fraction of sp³-hybridized carbons (Fsp3) is 0.286. The molecule has 2 heterocycles. The molecular formula is C35H35IrN2O-. The number of furan rings is 1. The van der Waals surface area contributed by atoms with Crippen molar-refractivity contribution in [3.8, 4) is 17.1 Å². The molecule has 0 bridgehead atoms. The molecule has 4 aromatic carbocycles. The second-order valence-electron chi connectivity index (χ2n) is 12.0. The van der Waals surface area contributed by atoms with Crippen molar-refractivity contribution in [1.82, 2.24) is 9.55 Å². The van der Waals surface area contributed by atoms with Crippen molar-refractivity contribution < 1.29 is 24.5 Å². The summed E-state index contributed by atoms with van der Waals surface area (Å²) in [6.07, 6.45) is 0. The minimum atomic E-state index is 0. The van der Waals surface area contributed by atoms with E-state index < -0.39 is 0 Å². The van der Waals surface area contributed by atoms with Gasteiger partial charge in [-0.1, -0.05) is 102 Å². The summed E-state index contributed by atoms with van der Waals surface area (Å²) in [6.45, 7) is 15.8. The van der Waals surface area contributed by atoms with Gasteiger partial charge in [0, 0.05) is 31.2 Å². The topological polar surface area (TPSA) is 31.0 Å². The molecule has 0 aliphatic heterocycles. The van der Waals surface area contributed by atoms with E-state index in [1.54, 1.807) is 0 Å². The number of nitrogens with zero attached hydrogens (tertiary/aromatic N) is 2. The quantitative estimate of drug-likeness (QED) is 0.172. The number of hydrogen-bond acceptors (Lipinski definition) is 2. The van der Waals surface area contributed by atoms with Crippen LogP contribution in [0.5, 0.6) is 0 Å². The van der Waals surface area contributed by atoms with E-state index in [0.29, 0.717) is 11.8 Å². The molecule has 2 aromatic heterocycles. The van der Waals surface area contributed by atoms with Crippen LogP contribution >= 0.6 is 0 Å². The summed E-state index contributed by atoms with van der Waals surface area (Å²) in [7, 11) is 0. The van der Waals surface area contributed by atoms with Gasteiger partial charge in [-0.15, -0.1) is 18.2 Å². The molecule has 0 atom stereocenters. The van der Waals surface area contributed by atoms with E-state index in [-0.39, 0.29) is 25.5 Å². The van der Waals surface area contributed by atoms with Crippen molar-refractivity contribution in [3.63, 3.8) is 0 Å². The Labute approximate surface area is 244 Å². The Morgan fingerprint density at radius 2 is 1.51 bits per heavy atom. The van der Waals surface area contributed by atoms with Crippen molar-refractivity contribution >= 4 is 33.0 Å². The Hall–Kier alpha value is -3.20. The molecular weight excluding hydrogens is 657 g/mol. The molecule has 3 nitrogen and oxygen atoms in total. The normalized spacial score (nSPS) is 12.2. The fourth-order valence-electron chi connectivity index (χ4n) is 5.56. The maximum Gasteiger partial charge on any atom is 0.121 e. The Morgan fingerprint density at radius 3 is 2.18 bits per heavy atom.